The number of ether oxygens (including phenoxy) is 1. The second-order valence-corrected chi connectivity index (χ2v) is 6.96. The van der Waals surface area contributed by atoms with Crippen molar-refractivity contribution < 1.29 is 4.74 Å². The lowest BCUT2D eigenvalue weighted by molar-refractivity contribution is 0.207. The van der Waals surface area contributed by atoms with E-state index >= 15 is 0 Å². The Bertz CT molecular complexity index is 1030. The monoisotopic (exact) mass is 423 g/mol. The molecule has 3 rings (SSSR count). The van der Waals surface area contributed by atoms with E-state index in [9.17, 15) is 0 Å². The van der Waals surface area contributed by atoms with Gasteiger partial charge in [-0.1, -0.05) is 12.1 Å². The van der Waals surface area contributed by atoms with Gasteiger partial charge >= 0.3 is 0 Å². The summed E-state index contributed by atoms with van der Waals surface area (Å²) in [6.45, 7) is 1.43. The Balaban J connectivity index is 1.95. The van der Waals surface area contributed by atoms with Gasteiger partial charge < -0.3 is 31.8 Å². The minimum atomic E-state index is 0.426. The van der Waals surface area contributed by atoms with Crippen molar-refractivity contribution >= 4 is 47.7 Å². The fourth-order valence-corrected chi connectivity index (χ4v) is 3.31. The van der Waals surface area contributed by atoms with Gasteiger partial charge in [-0.15, -0.1) is 12.6 Å². The number of nitrogens with one attached hydrogen (secondary N) is 2. The summed E-state index contributed by atoms with van der Waals surface area (Å²) in [7, 11) is 1.64. The van der Waals surface area contributed by atoms with Gasteiger partial charge in [0.2, 0.25) is 5.95 Å². The van der Waals surface area contributed by atoms with Crippen LogP contribution in [0.5, 0.6) is 0 Å². The van der Waals surface area contributed by atoms with E-state index in [0.717, 1.165) is 21.8 Å². The Morgan fingerprint density at radius 1 is 1.27 bits per heavy atom. The predicted molar refractivity (Wildman–Crippen MR) is 125 cm³/mol. The summed E-state index contributed by atoms with van der Waals surface area (Å²) in [5, 5.41) is 11.0. The number of nitrogens with zero attached hydrogens (tertiary/aromatic N) is 3. The van der Waals surface area contributed by atoms with Crippen LogP contribution in [-0.2, 0) is 11.3 Å². The van der Waals surface area contributed by atoms with Crippen LogP contribution in [-0.4, -0.2) is 36.4 Å². The van der Waals surface area contributed by atoms with Crippen molar-refractivity contribution in [1.82, 2.24) is 9.97 Å². The minimum Gasteiger partial charge on any atom is -0.398 e. The summed E-state index contributed by atoms with van der Waals surface area (Å²) >= 11 is 4.47. The first-order valence-corrected chi connectivity index (χ1v) is 9.79. The smallest absolute Gasteiger partial charge is 0.229 e. The number of aromatic nitrogens is 2. The molecule has 156 valence electrons. The summed E-state index contributed by atoms with van der Waals surface area (Å²) < 4.78 is 5.27. The van der Waals surface area contributed by atoms with Crippen molar-refractivity contribution in [1.29, 1.82) is 5.41 Å². The number of rotatable bonds is 9. The highest BCUT2D eigenvalue weighted by atomic mass is 32.1. The zero-order valence-electron chi connectivity index (χ0n) is 16.7. The van der Waals surface area contributed by atoms with Crippen LogP contribution in [0.25, 0.3) is 0 Å². The molecule has 8 nitrogen and oxygen atoms in total. The third kappa shape index (κ3) is 4.88. The second kappa shape index (κ2) is 10.1. The normalized spacial score (nSPS) is 10.6. The Labute approximate surface area is 181 Å². The third-order valence-corrected chi connectivity index (χ3v) is 4.97. The van der Waals surface area contributed by atoms with Crippen molar-refractivity contribution in [2.45, 2.75) is 11.4 Å². The lowest BCUT2D eigenvalue weighted by Crippen LogP contribution is -2.24. The molecule has 9 heteroatoms. The molecule has 0 fully saturated rings. The summed E-state index contributed by atoms with van der Waals surface area (Å²) in [5.41, 5.74) is 15.5. The quantitative estimate of drug-likeness (QED) is 0.203. The zero-order valence-corrected chi connectivity index (χ0v) is 17.6. The number of hydrogen-bond donors (Lipinski definition) is 5. The number of benzene rings is 2. The molecule has 0 aliphatic heterocycles. The van der Waals surface area contributed by atoms with E-state index in [1.54, 1.807) is 25.4 Å². The number of hydrogen-bond acceptors (Lipinski definition) is 9. The van der Waals surface area contributed by atoms with E-state index in [0.29, 0.717) is 42.7 Å². The van der Waals surface area contributed by atoms with Gasteiger partial charge in [0.25, 0.3) is 0 Å². The maximum atomic E-state index is 7.78. The fourth-order valence-electron chi connectivity index (χ4n) is 3.01. The molecule has 0 aliphatic rings. The number of methoxy groups -OCH3 is 1. The zero-order chi connectivity index (χ0) is 21.5. The molecular formula is C21H25N7OS. The van der Waals surface area contributed by atoms with Crippen LogP contribution in [0, 0.1) is 5.41 Å². The van der Waals surface area contributed by atoms with Gasteiger partial charge in [0, 0.05) is 54.4 Å². The van der Waals surface area contributed by atoms with Crippen LogP contribution in [0.4, 0.5) is 28.8 Å². The van der Waals surface area contributed by atoms with Gasteiger partial charge in [-0.3, -0.25) is 0 Å². The molecule has 0 bridgehead atoms. The Kier molecular flexibility index (Phi) is 7.23. The Morgan fingerprint density at radius 3 is 2.80 bits per heavy atom. The van der Waals surface area contributed by atoms with Crippen LogP contribution >= 0.6 is 12.6 Å². The largest absolute Gasteiger partial charge is 0.398 e. The van der Waals surface area contributed by atoms with E-state index in [1.165, 1.54) is 6.21 Å². The van der Waals surface area contributed by atoms with E-state index in [1.807, 2.05) is 35.2 Å². The molecule has 6 N–H and O–H groups in total. The minimum absolute atomic E-state index is 0.426. The molecule has 0 spiro atoms. The van der Waals surface area contributed by atoms with Gasteiger partial charge in [-0.25, -0.2) is 4.98 Å². The standard InChI is InChI=1S/C21H25N7OS/c1-29-10-9-28(18-4-2-3-17(24)16(18)13-23)20-7-8-25-21(27-20)26-15-6-5-14(12-22)19(30)11-15/h2-8,11,13,23,30H,9-10,12,22,24H2,1H3,(H,25,26,27). The van der Waals surface area contributed by atoms with Crippen LogP contribution in [0.3, 0.4) is 0 Å². The molecule has 0 amide bonds. The molecule has 0 saturated carbocycles. The van der Waals surface area contributed by atoms with Gasteiger partial charge in [0.05, 0.1) is 12.3 Å². The summed E-state index contributed by atoms with van der Waals surface area (Å²) in [4.78, 5) is 11.7. The van der Waals surface area contributed by atoms with Gasteiger partial charge in [0.1, 0.15) is 5.82 Å². The molecule has 0 radical (unpaired) electrons. The number of thiol groups is 1. The Morgan fingerprint density at radius 2 is 2.10 bits per heavy atom. The number of anilines is 5. The second-order valence-electron chi connectivity index (χ2n) is 6.48. The molecule has 0 atom stereocenters. The molecule has 0 saturated heterocycles. The topological polar surface area (TPSA) is 126 Å². The highest BCUT2D eigenvalue weighted by Crippen LogP contribution is 2.30. The highest BCUT2D eigenvalue weighted by Gasteiger charge is 2.16. The van der Waals surface area contributed by atoms with Crippen molar-refractivity contribution in [3.05, 3.63) is 59.8 Å². The van der Waals surface area contributed by atoms with Crippen LogP contribution in [0.1, 0.15) is 11.1 Å². The lowest BCUT2D eigenvalue weighted by Gasteiger charge is -2.26. The van der Waals surface area contributed by atoms with E-state index < -0.39 is 0 Å². The van der Waals surface area contributed by atoms with Crippen molar-refractivity contribution in [2.75, 3.05) is 36.2 Å². The molecule has 1 heterocycles. The van der Waals surface area contributed by atoms with E-state index in [-0.39, 0.29) is 0 Å². The first kappa shape index (κ1) is 21.6. The highest BCUT2D eigenvalue weighted by molar-refractivity contribution is 7.80. The van der Waals surface area contributed by atoms with Gasteiger partial charge in [-0.2, -0.15) is 4.98 Å². The fraction of sp³-hybridized carbons (Fsp3) is 0.190. The van der Waals surface area contributed by atoms with E-state index in [2.05, 4.69) is 27.9 Å². The molecule has 30 heavy (non-hydrogen) atoms. The average molecular weight is 424 g/mol. The SMILES string of the molecule is COCCN(c1ccnc(Nc2ccc(CN)c(S)c2)n1)c1cccc(N)c1C=N. The summed E-state index contributed by atoms with van der Waals surface area (Å²) in [5.74, 6) is 1.09. The van der Waals surface area contributed by atoms with Gasteiger partial charge in [-0.05, 0) is 35.9 Å². The first-order valence-electron chi connectivity index (χ1n) is 9.34. The number of nitrogens with two attached hydrogens (primary N) is 2. The van der Waals surface area contributed by atoms with Crippen molar-refractivity contribution in [3.8, 4) is 0 Å². The molecule has 0 unspecified atom stereocenters. The van der Waals surface area contributed by atoms with E-state index in [4.69, 9.17) is 21.6 Å². The van der Waals surface area contributed by atoms with Gasteiger partial charge in [0.15, 0.2) is 0 Å². The maximum absolute atomic E-state index is 7.78. The molecular weight excluding hydrogens is 398 g/mol. The molecule has 1 aromatic heterocycles. The number of nitrogen functional groups attached to an aromatic ring is 1. The average Bonchev–Trinajstić information content (AvgIpc) is 2.74. The van der Waals surface area contributed by atoms with Crippen molar-refractivity contribution in [3.63, 3.8) is 0 Å². The molecule has 0 aliphatic carbocycles. The lowest BCUT2D eigenvalue weighted by atomic mass is 10.1. The summed E-state index contributed by atoms with van der Waals surface area (Å²) in [6.07, 6.45) is 2.93. The van der Waals surface area contributed by atoms with Crippen molar-refractivity contribution in [2.24, 2.45) is 5.73 Å². The first-order chi connectivity index (χ1) is 14.6. The predicted octanol–water partition coefficient (Wildman–Crippen LogP) is 3.33. The Hall–Kier alpha value is -3.14. The van der Waals surface area contributed by atoms with Crippen LogP contribution in [0.2, 0.25) is 0 Å². The van der Waals surface area contributed by atoms with Crippen LogP contribution in [0.15, 0.2) is 53.6 Å². The third-order valence-electron chi connectivity index (χ3n) is 4.55. The van der Waals surface area contributed by atoms with Crippen LogP contribution < -0.4 is 21.7 Å². The maximum Gasteiger partial charge on any atom is 0.229 e. The molecule has 2 aromatic carbocycles. The molecule has 3 aromatic rings. The summed E-state index contributed by atoms with van der Waals surface area (Å²) in [6, 6.07) is 13.0.